The summed E-state index contributed by atoms with van der Waals surface area (Å²) >= 11 is 0. The molecule has 1 aliphatic heterocycles. The molecule has 1 N–H and O–H groups in total. The molecule has 0 bridgehead atoms. The van der Waals surface area contributed by atoms with Crippen molar-refractivity contribution in [2.45, 2.75) is 24.3 Å². The number of hydrazone groups is 1. The summed E-state index contributed by atoms with van der Waals surface area (Å²) in [4.78, 5) is 0.148. The van der Waals surface area contributed by atoms with Crippen LogP contribution in [0, 0.1) is 12.7 Å². The number of hydrogen-bond donors (Lipinski definition) is 1. The number of rotatable bonds is 6. The zero-order valence-electron chi connectivity index (χ0n) is 17.9. The van der Waals surface area contributed by atoms with Crippen LogP contribution in [-0.2, 0) is 20.0 Å². The molecule has 0 amide bonds. The summed E-state index contributed by atoms with van der Waals surface area (Å²) in [5.74, 6) is -0.417. The Bertz CT molecular complexity index is 1420. The van der Waals surface area contributed by atoms with Crippen LogP contribution in [0.5, 0.6) is 0 Å². The summed E-state index contributed by atoms with van der Waals surface area (Å²) in [5, 5.41) is 4.46. The number of benzene rings is 3. The van der Waals surface area contributed by atoms with Crippen molar-refractivity contribution in [3.63, 3.8) is 0 Å². The fraction of sp³-hybridized carbons (Fsp3) is 0.174. The largest absolute Gasteiger partial charge is 0.284 e. The first-order valence-electron chi connectivity index (χ1n) is 10.1. The average molecular weight is 488 g/mol. The van der Waals surface area contributed by atoms with Crippen molar-refractivity contribution >= 4 is 31.4 Å². The topological polar surface area (TPSA) is 95.9 Å². The van der Waals surface area contributed by atoms with Crippen LogP contribution in [0.15, 0.2) is 82.8 Å². The Morgan fingerprint density at radius 2 is 1.58 bits per heavy atom. The molecule has 0 aliphatic carbocycles. The van der Waals surface area contributed by atoms with E-state index in [4.69, 9.17) is 0 Å². The lowest BCUT2D eigenvalue weighted by Crippen LogP contribution is -2.28. The van der Waals surface area contributed by atoms with Gasteiger partial charge in [-0.25, -0.2) is 12.8 Å². The van der Waals surface area contributed by atoms with Gasteiger partial charge in [-0.1, -0.05) is 42.5 Å². The first-order chi connectivity index (χ1) is 15.5. The number of sulfonamides is 2. The van der Waals surface area contributed by atoms with Gasteiger partial charge in [0.1, 0.15) is 5.82 Å². The first-order valence-corrected chi connectivity index (χ1v) is 13.4. The van der Waals surface area contributed by atoms with Crippen molar-refractivity contribution in [1.29, 1.82) is 0 Å². The van der Waals surface area contributed by atoms with Crippen molar-refractivity contribution in [2.24, 2.45) is 5.10 Å². The van der Waals surface area contributed by atoms with E-state index in [0.717, 1.165) is 10.7 Å². The summed E-state index contributed by atoms with van der Waals surface area (Å²) in [6.45, 7) is 1.72. The highest BCUT2D eigenvalue weighted by molar-refractivity contribution is 7.92. The van der Waals surface area contributed by atoms with Crippen molar-refractivity contribution < 1.29 is 21.2 Å². The summed E-state index contributed by atoms with van der Waals surface area (Å²) < 4.78 is 67.0. The fourth-order valence-electron chi connectivity index (χ4n) is 3.71. The molecule has 1 aliphatic rings. The molecule has 4 rings (SSSR count). The van der Waals surface area contributed by atoms with Crippen molar-refractivity contribution in [1.82, 2.24) is 4.41 Å². The van der Waals surface area contributed by atoms with Crippen LogP contribution >= 0.6 is 0 Å². The van der Waals surface area contributed by atoms with Gasteiger partial charge < -0.3 is 0 Å². The number of anilines is 1. The highest BCUT2D eigenvalue weighted by Gasteiger charge is 2.38. The monoisotopic (exact) mass is 487 g/mol. The standard InChI is InChI=1S/C23H22FN3O4S2/c1-16-5-3-4-6-23(16)33(30,31)27-22(18-7-11-19(24)12-8-18)15-21(25-27)17-9-13-20(14-10-17)26-32(2,28)29/h3-14,22,26H,15H2,1-2H3/t22-/m1/s1. The normalized spacial score (nSPS) is 16.5. The maximum absolute atomic E-state index is 13.6. The zero-order valence-corrected chi connectivity index (χ0v) is 19.6. The Morgan fingerprint density at radius 3 is 2.18 bits per heavy atom. The number of halogens is 1. The smallest absolute Gasteiger partial charge is 0.279 e. The molecule has 0 saturated heterocycles. The minimum atomic E-state index is -3.99. The summed E-state index contributed by atoms with van der Waals surface area (Å²) in [5.41, 5.74) is 2.77. The quantitative estimate of drug-likeness (QED) is 0.568. The molecule has 1 atom stereocenters. The number of aryl methyl sites for hydroxylation is 1. The van der Waals surface area contributed by atoms with Gasteiger partial charge in [-0.05, 0) is 53.9 Å². The van der Waals surface area contributed by atoms with Crippen molar-refractivity contribution in [3.05, 3.63) is 95.3 Å². The summed E-state index contributed by atoms with van der Waals surface area (Å²) in [6.07, 6.45) is 1.33. The molecule has 10 heteroatoms. The van der Waals surface area contributed by atoms with Gasteiger partial charge >= 0.3 is 0 Å². The summed E-state index contributed by atoms with van der Waals surface area (Å²) in [6, 6.07) is 18.2. The number of nitrogens with zero attached hydrogens (tertiary/aromatic N) is 2. The van der Waals surface area contributed by atoms with E-state index in [1.807, 2.05) is 0 Å². The predicted octanol–water partition coefficient (Wildman–Crippen LogP) is 4.05. The van der Waals surface area contributed by atoms with E-state index in [9.17, 15) is 21.2 Å². The molecule has 1 heterocycles. The molecule has 33 heavy (non-hydrogen) atoms. The van der Waals surface area contributed by atoms with Crippen LogP contribution in [0.3, 0.4) is 0 Å². The molecular weight excluding hydrogens is 465 g/mol. The second kappa shape index (κ2) is 8.60. The Morgan fingerprint density at radius 1 is 0.939 bits per heavy atom. The molecule has 0 saturated carbocycles. The molecule has 0 aromatic heterocycles. The zero-order chi connectivity index (χ0) is 23.8. The van der Waals surface area contributed by atoms with Gasteiger partial charge in [0.15, 0.2) is 0 Å². The molecule has 3 aromatic rings. The van der Waals surface area contributed by atoms with E-state index in [1.54, 1.807) is 61.5 Å². The number of nitrogens with one attached hydrogen (secondary N) is 1. The lowest BCUT2D eigenvalue weighted by atomic mass is 9.99. The van der Waals surface area contributed by atoms with Gasteiger partial charge in [-0.3, -0.25) is 4.72 Å². The first kappa shape index (κ1) is 22.9. The van der Waals surface area contributed by atoms with Crippen LogP contribution in [0.1, 0.15) is 29.2 Å². The van der Waals surface area contributed by atoms with Crippen LogP contribution in [0.25, 0.3) is 0 Å². The summed E-state index contributed by atoms with van der Waals surface area (Å²) in [7, 11) is -7.41. The lowest BCUT2D eigenvalue weighted by Gasteiger charge is -2.24. The Kier molecular flexibility index (Phi) is 5.98. The van der Waals surface area contributed by atoms with Crippen LogP contribution < -0.4 is 4.72 Å². The predicted molar refractivity (Wildman–Crippen MR) is 125 cm³/mol. The van der Waals surface area contributed by atoms with Gasteiger partial charge in [-0.2, -0.15) is 17.9 Å². The van der Waals surface area contributed by atoms with E-state index >= 15 is 0 Å². The molecule has 0 radical (unpaired) electrons. The van der Waals surface area contributed by atoms with E-state index in [0.29, 0.717) is 28.1 Å². The molecule has 0 fully saturated rings. The molecule has 172 valence electrons. The lowest BCUT2D eigenvalue weighted by molar-refractivity contribution is 0.371. The van der Waals surface area contributed by atoms with Crippen LogP contribution in [0.4, 0.5) is 10.1 Å². The van der Waals surface area contributed by atoms with E-state index in [2.05, 4.69) is 9.82 Å². The van der Waals surface area contributed by atoms with Gasteiger partial charge in [0.2, 0.25) is 10.0 Å². The molecule has 0 spiro atoms. The SMILES string of the molecule is Cc1ccccc1S(=O)(=O)N1N=C(c2ccc(NS(C)(=O)=O)cc2)C[C@@H]1c1ccc(F)cc1. The highest BCUT2D eigenvalue weighted by Crippen LogP contribution is 2.38. The molecule has 0 unspecified atom stereocenters. The third kappa shape index (κ3) is 4.91. The van der Waals surface area contributed by atoms with E-state index in [1.165, 1.54) is 18.2 Å². The van der Waals surface area contributed by atoms with Gasteiger partial charge in [0, 0.05) is 12.1 Å². The second-order valence-corrected chi connectivity index (χ2v) is 11.3. The minimum absolute atomic E-state index is 0.148. The van der Waals surface area contributed by atoms with Gasteiger partial charge in [0.25, 0.3) is 10.0 Å². The van der Waals surface area contributed by atoms with E-state index in [-0.39, 0.29) is 11.3 Å². The molecule has 7 nitrogen and oxygen atoms in total. The average Bonchev–Trinajstić information content (AvgIpc) is 3.20. The number of hydrogen-bond acceptors (Lipinski definition) is 5. The third-order valence-electron chi connectivity index (χ3n) is 5.27. The highest BCUT2D eigenvalue weighted by atomic mass is 32.2. The Balaban J connectivity index is 1.75. The maximum Gasteiger partial charge on any atom is 0.279 e. The van der Waals surface area contributed by atoms with Crippen LogP contribution in [-0.4, -0.2) is 33.2 Å². The van der Waals surface area contributed by atoms with Crippen LogP contribution in [0.2, 0.25) is 0 Å². The minimum Gasteiger partial charge on any atom is -0.284 e. The van der Waals surface area contributed by atoms with Crippen molar-refractivity contribution in [2.75, 3.05) is 11.0 Å². The molecular formula is C23H22FN3O4S2. The fourth-order valence-corrected chi connectivity index (χ4v) is 5.94. The van der Waals surface area contributed by atoms with Gasteiger partial charge in [0.05, 0.1) is 22.9 Å². The maximum atomic E-state index is 13.6. The van der Waals surface area contributed by atoms with E-state index < -0.39 is 31.9 Å². The van der Waals surface area contributed by atoms with Crippen molar-refractivity contribution in [3.8, 4) is 0 Å². The second-order valence-electron chi connectivity index (χ2n) is 7.81. The Labute approximate surface area is 192 Å². The van der Waals surface area contributed by atoms with Gasteiger partial charge in [-0.15, -0.1) is 0 Å². The Hall–Kier alpha value is -3.24. The molecule has 3 aromatic carbocycles. The third-order valence-corrected chi connectivity index (χ3v) is 7.72.